The van der Waals surface area contributed by atoms with Crippen molar-refractivity contribution >= 4 is 0 Å². The second kappa shape index (κ2) is 7.82. The van der Waals surface area contributed by atoms with E-state index >= 15 is 0 Å². The van der Waals surface area contributed by atoms with E-state index in [9.17, 15) is 13.2 Å². The van der Waals surface area contributed by atoms with Crippen LogP contribution in [0, 0.1) is 13.8 Å². The maximum Gasteiger partial charge on any atom is 0.389 e. The van der Waals surface area contributed by atoms with Crippen LogP contribution >= 0.6 is 0 Å². The van der Waals surface area contributed by atoms with Gasteiger partial charge in [0.15, 0.2) is 0 Å². The average Bonchev–Trinajstić information content (AvgIpc) is 2.59. The molecule has 1 heterocycles. The van der Waals surface area contributed by atoms with Gasteiger partial charge < -0.3 is 5.32 Å². The third kappa shape index (κ3) is 6.08. The van der Waals surface area contributed by atoms with E-state index in [1.807, 2.05) is 32.5 Å². The number of aryl methyl sites for hydroxylation is 2. The predicted octanol–water partition coefficient (Wildman–Crippen LogP) is 3.68. The lowest BCUT2D eigenvalue weighted by atomic mass is 9.99. The Morgan fingerprint density at radius 1 is 1.24 bits per heavy atom. The van der Waals surface area contributed by atoms with Crippen molar-refractivity contribution in [2.24, 2.45) is 7.05 Å². The molecule has 1 rings (SSSR count). The van der Waals surface area contributed by atoms with E-state index in [2.05, 4.69) is 10.4 Å². The topological polar surface area (TPSA) is 29.9 Å². The normalized spacial score (nSPS) is 13.7. The molecule has 0 spiro atoms. The molecule has 0 aliphatic rings. The van der Waals surface area contributed by atoms with Crippen molar-refractivity contribution in [2.75, 3.05) is 6.54 Å². The van der Waals surface area contributed by atoms with Gasteiger partial charge >= 0.3 is 6.18 Å². The molecule has 0 radical (unpaired) electrons. The Balaban J connectivity index is 2.50. The number of aromatic nitrogens is 2. The molecule has 1 aromatic rings. The number of alkyl halides is 3. The van der Waals surface area contributed by atoms with E-state index in [0.717, 1.165) is 30.8 Å². The fraction of sp³-hybridized carbons (Fsp3) is 0.800. The van der Waals surface area contributed by atoms with E-state index in [1.54, 1.807) is 0 Å². The molecular formula is C15H26F3N3. The Morgan fingerprint density at radius 3 is 2.38 bits per heavy atom. The Morgan fingerprint density at radius 2 is 1.90 bits per heavy atom. The number of hydrogen-bond acceptors (Lipinski definition) is 2. The lowest BCUT2D eigenvalue weighted by molar-refractivity contribution is -0.135. The maximum atomic E-state index is 12.2. The molecule has 0 aliphatic heterocycles. The Bertz CT molecular complexity index is 438. The highest BCUT2D eigenvalue weighted by Gasteiger charge is 2.26. The van der Waals surface area contributed by atoms with Gasteiger partial charge in [-0.2, -0.15) is 18.3 Å². The molecular weight excluding hydrogens is 279 g/mol. The van der Waals surface area contributed by atoms with Crippen LogP contribution < -0.4 is 5.32 Å². The van der Waals surface area contributed by atoms with Gasteiger partial charge in [-0.3, -0.25) is 4.68 Å². The molecule has 21 heavy (non-hydrogen) atoms. The van der Waals surface area contributed by atoms with Gasteiger partial charge in [0.25, 0.3) is 0 Å². The highest BCUT2D eigenvalue weighted by molar-refractivity contribution is 5.24. The highest BCUT2D eigenvalue weighted by Crippen LogP contribution is 2.23. The zero-order valence-corrected chi connectivity index (χ0v) is 13.3. The minimum atomic E-state index is -4.05. The quantitative estimate of drug-likeness (QED) is 0.794. The summed E-state index contributed by atoms with van der Waals surface area (Å²) in [5, 5.41) is 7.67. The first kappa shape index (κ1) is 18.0. The van der Waals surface area contributed by atoms with Gasteiger partial charge in [0.2, 0.25) is 0 Å². The van der Waals surface area contributed by atoms with Gasteiger partial charge in [-0.1, -0.05) is 6.92 Å². The molecule has 0 saturated heterocycles. The van der Waals surface area contributed by atoms with Crippen molar-refractivity contribution in [1.29, 1.82) is 0 Å². The van der Waals surface area contributed by atoms with Gasteiger partial charge in [-0.05, 0) is 51.6 Å². The molecule has 3 nitrogen and oxygen atoms in total. The number of rotatable bonds is 8. The molecule has 0 amide bonds. The van der Waals surface area contributed by atoms with Crippen molar-refractivity contribution in [3.63, 3.8) is 0 Å². The second-order valence-electron chi connectivity index (χ2n) is 5.57. The van der Waals surface area contributed by atoms with Crippen molar-refractivity contribution in [1.82, 2.24) is 15.1 Å². The predicted molar refractivity (Wildman–Crippen MR) is 78.4 cm³/mol. The van der Waals surface area contributed by atoms with Crippen molar-refractivity contribution in [3.8, 4) is 0 Å². The Labute approximate surface area is 124 Å². The molecule has 1 atom stereocenters. The second-order valence-corrected chi connectivity index (χ2v) is 5.57. The first-order chi connectivity index (χ1) is 9.74. The SMILES string of the molecule is CCNC(CCCC(F)(F)F)CCc1c(C)nn(C)c1C. The average molecular weight is 305 g/mol. The fourth-order valence-corrected chi connectivity index (χ4v) is 2.68. The molecule has 0 bridgehead atoms. The third-order valence-electron chi connectivity index (χ3n) is 3.91. The smallest absolute Gasteiger partial charge is 0.314 e. The Hall–Kier alpha value is -1.04. The zero-order valence-electron chi connectivity index (χ0n) is 13.3. The summed E-state index contributed by atoms with van der Waals surface area (Å²) < 4.78 is 38.5. The van der Waals surface area contributed by atoms with Crippen LogP contribution in [0.1, 0.15) is 49.6 Å². The van der Waals surface area contributed by atoms with Crippen LogP contribution in [0.25, 0.3) is 0 Å². The van der Waals surface area contributed by atoms with Gasteiger partial charge in [0.1, 0.15) is 0 Å². The molecule has 0 aromatic carbocycles. The molecule has 1 N–H and O–H groups in total. The molecule has 122 valence electrons. The fourth-order valence-electron chi connectivity index (χ4n) is 2.68. The van der Waals surface area contributed by atoms with E-state index in [-0.39, 0.29) is 12.5 Å². The lowest BCUT2D eigenvalue weighted by Crippen LogP contribution is -2.29. The van der Waals surface area contributed by atoms with E-state index in [4.69, 9.17) is 0 Å². The van der Waals surface area contributed by atoms with Crippen molar-refractivity contribution in [3.05, 3.63) is 17.0 Å². The van der Waals surface area contributed by atoms with Crippen LogP contribution in [-0.2, 0) is 13.5 Å². The first-order valence-corrected chi connectivity index (χ1v) is 7.53. The monoisotopic (exact) mass is 305 g/mol. The minimum Gasteiger partial charge on any atom is -0.314 e. The summed E-state index contributed by atoms with van der Waals surface area (Å²) in [6.45, 7) is 6.77. The molecule has 1 unspecified atom stereocenters. The molecule has 6 heteroatoms. The summed E-state index contributed by atoms with van der Waals surface area (Å²) in [5.74, 6) is 0. The van der Waals surface area contributed by atoms with Crippen LogP contribution in [0.15, 0.2) is 0 Å². The number of halogens is 3. The summed E-state index contributed by atoms with van der Waals surface area (Å²) in [7, 11) is 1.91. The zero-order chi connectivity index (χ0) is 16.0. The van der Waals surface area contributed by atoms with Gasteiger partial charge in [0, 0.05) is 25.2 Å². The Kier molecular flexibility index (Phi) is 6.71. The van der Waals surface area contributed by atoms with E-state index < -0.39 is 12.6 Å². The van der Waals surface area contributed by atoms with E-state index in [0.29, 0.717) is 6.42 Å². The van der Waals surface area contributed by atoms with Gasteiger partial charge in [-0.15, -0.1) is 0 Å². The highest BCUT2D eigenvalue weighted by atomic mass is 19.4. The maximum absolute atomic E-state index is 12.2. The number of nitrogens with zero attached hydrogens (tertiary/aromatic N) is 2. The van der Waals surface area contributed by atoms with Crippen LogP contribution in [0.2, 0.25) is 0 Å². The van der Waals surface area contributed by atoms with E-state index in [1.165, 1.54) is 5.56 Å². The molecule has 0 aliphatic carbocycles. The van der Waals surface area contributed by atoms with Gasteiger partial charge in [0.05, 0.1) is 5.69 Å². The number of hydrogen-bond donors (Lipinski definition) is 1. The first-order valence-electron chi connectivity index (χ1n) is 7.53. The van der Waals surface area contributed by atoms with Crippen molar-refractivity contribution < 1.29 is 13.2 Å². The summed E-state index contributed by atoms with van der Waals surface area (Å²) in [5.41, 5.74) is 3.37. The third-order valence-corrected chi connectivity index (χ3v) is 3.91. The van der Waals surface area contributed by atoms with Crippen LogP contribution in [0.4, 0.5) is 13.2 Å². The largest absolute Gasteiger partial charge is 0.389 e. The van der Waals surface area contributed by atoms with Gasteiger partial charge in [-0.25, -0.2) is 0 Å². The van der Waals surface area contributed by atoms with Crippen LogP contribution in [-0.4, -0.2) is 28.5 Å². The molecule has 0 saturated carbocycles. The summed E-state index contributed by atoms with van der Waals surface area (Å²) in [6, 6.07) is 0.136. The number of nitrogens with one attached hydrogen (secondary N) is 1. The molecule has 1 aromatic heterocycles. The van der Waals surface area contributed by atoms with Crippen molar-refractivity contribution in [2.45, 2.75) is 65.1 Å². The molecule has 0 fully saturated rings. The summed E-state index contributed by atoms with van der Waals surface area (Å²) in [4.78, 5) is 0. The summed E-state index contributed by atoms with van der Waals surface area (Å²) in [6.07, 6.45) is -2.29. The summed E-state index contributed by atoms with van der Waals surface area (Å²) >= 11 is 0. The van der Waals surface area contributed by atoms with Crippen LogP contribution in [0.5, 0.6) is 0 Å². The lowest BCUT2D eigenvalue weighted by Gasteiger charge is -2.18. The minimum absolute atomic E-state index is 0.136. The standard InChI is InChI=1S/C15H26F3N3/c1-5-19-13(7-6-10-15(16,17)18)8-9-14-11(2)20-21(4)12(14)3/h13,19H,5-10H2,1-4H3. The van der Waals surface area contributed by atoms with Crippen LogP contribution in [0.3, 0.4) is 0 Å².